The quantitative estimate of drug-likeness (QED) is 0.258. The Labute approximate surface area is 219 Å². The van der Waals surface area contributed by atoms with Gasteiger partial charge < -0.3 is 18.6 Å². The Morgan fingerprint density at radius 2 is 1.32 bits per heavy atom. The van der Waals surface area contributed by atoms with Gasteiger partial charge in [-0.2, -0.15) is 0 Å². The lowest BCUT2D eigenvalue weighted by Crippen LogP contribution is -2.69. The number of esters is 2. The van der Waals surface area contributed by atoms with Crippen molar-refractivity contribution in [1.29, 1.82) is 0 Å². The van der Waals surface area contributed by atoms with Gasteiger partial charge in [-0.25, -0.2) is 0 Å². The predicted octanol–water partition coefficient (Wildman–Crippen LogP) is 4.63. The molecule has 1 heterocycles. The van der Waals surface area contributed by atoms with Crippen LogP contribution in [0.25, 0.3) is 0 Å². The van der Waals surface area contributed by atoms with E-state index in [0.29, 0.717) is 17.1 Å². The number of methoxy groups -OCH3 is 1. The van der Waals surface area contributed by atoms with Crippen molar-refractivity contribution >= 4 is 30.6 Å². The van der Waals surface area contributed by atoms with Gasteiger partial charge in [-0.15, -0.1) is 0 Å². The van der Waals surface area contributed by atoms with Crippen LogP contribution in [0.3, 0.4) is 0 Å². The number of hydrogen-bond donors (Lipinski definition) is 0. The minimum atomic E-state index is -3.00. The first-order valence-electron chi connectivity index (χ1n) is 12.4. The van der Waals surface area contributed by atoms with E-state index in [2.05, 4.69) is 45.0 Å². The normalized spacial score (nSPS) is 16.1. The predicted molar refractivity (Wildman–Crippen MR) is 145 cm³/mol. The van der Waals surface area contributed by atoms with Crippen LogP contribution in [0.2, 0.25) is 5.04 Å². The van der Waals surface area contributed by atoms with E-state index in [4.69, 9.17) is 18.6 Å². The Morgan fingerprint density at radius 3 is 1.78 bits per heavy atom. The van der Waals surface area contributed by atoms with Crippen molar-refractivity contribution in [2.45, 2.75) is 51.9 Å². The summed E-state index contributed by atoms with van der Waals surface area (Å²) in [6, 6.07) is 26.0. The van der Waals surface area contributed by atoms with E-state index in [-0.39, 0.29) is 11.5 Å². The fourth-order valence-electron chi connectivity index (χ4n) is 4.93. The lowest BCUT2D eigenvalue weighted by atomic mass is 9.97. The average Bonchev–Trinajstić information content (AvgIpc) is 2.85. The summed E-state index contributed by atoms with van der Waals surface area (Å²) in [6.07, 6.45) is 0.0679. The first kappa shape index (κ1) is 26.5. The van der Waals surface area contributed by atoms with Crippen LogP contribution in [0.5, 0.6) is 11.5 Å². The van der Waals surface area contributed by atoms with E-state index in [1.807, 2.05) is 54.6 Å². The maximum atomic E-state index is 12.8. The molecule has 0 aromatic heterocycles. The number of hydrogen-bond acceptors (Lipinski definition) is 6. The molecule has 0 bridgehead atoms. The van der Waals surface area contributed by atoms with Crippen LogP contribution in [-0.4, -0.2) is 33.2 Å². The number of cyclic esters (lactones) is 2. The zero-order valence-corrected chi connectivity index (χ0v) is 23.2. The average molecular weight is 519 g/mol. The molecule has 6 nitrogen and oxygen atoms in total. The van der Waals surface area contributed by atoms with Crippen molar-refractivity contribution < 1.29 is 28.2 Å². The van der Waals surface area contributed by atoms with E-state index >= 15 is 0 Å². The highest BCUT2D eigenvalue weighted by molar-refractivity contribution is 7.00. The molecule has 194 valence electrons. The number of benzene rings is 3. The molecule has 37 heavy (non-hydrogen) atoms. The molecule has 1 fully saturated rings. The van der Waals surface area contributed by atoms with Crippen LogP contribution in [-0.2, 0) is 25.5 Å². The molecule has 0 N–H and O–H groups in total. The van der Waals surface area contributed by atoms with Crippen LogP contribution in [0, 0.1) is 5.92 Å². The van der Waals surface area contributed by atoms with Crippen LogP contribution < -0.4 is 19.5 Å². The van der Waals surface area contributed by atoms with Gasteiger partial charge in [0.1, 0.15) is 5.75 Å². The number of carbonyl (C=O) groups is 2. The van der Waals surface area contributed by atoms with E-state index in [1.165, 1.54) is 0 Å². The fraction of sp³-hybridized carbons (Fsp3) is 0.333. The number of carbonyl (C=O) groups excluding carboxylic acids is 2. The summed E-state index contributed by atoms with van der Waals surface area (Å²) < 4.78 is 23.8. The molecule has 4 rings (SSSR count). The summed E-state index contributed by atoms with van der Waals surface area (Å²) in [7, 11) is -1.42. The summed E-state index contributed by atoms with van der Waals surface area (Å²) in [6.45, 7) is 9.65. The van der Waals surface area contributed by atoms with Gasteiger partial charge >= 0.3 is 20.3 Å². The molecule has 0 unspecified atom stereocenters. The maximum Gasteiger partial charge on any atom is 0.323 e. The second-order valence-electron chi connectivity index (χ2n) is 10.7. The van der Waals surface area contributed by atoms with Gasteiger partial charge in [0, 0.05) is 20.3 Å². The second-order valence-corrected chi connectivity index (χ2v) is 14.9. The largest absolute Gasteiger partial charge is 0.531 e. The zero-order chi connectivity index (χ0) is 26.8. The highest BCUT2D eigenvalue weighted by Gasteiger charge is 2.53. The number of para-hydroxylation sites is 1. The van der Waals surface area contributed by atoms with Crippen molar-refractivity contribution in [1.82, 2.24) is 0 Å². The number of ether oxygens (including phenoxy) is 3. The van der Waals surface area contributed by atoms with Gasteiger partial charge in [0.15, 0.2) is 11.7 Å². The highest BCUT2D eigenvalue weighted by Crippen LogP contribution is 2.42. The molecule has 0 atom stereocenters. The molecule has 1 aliphatic heterocycles. The summed E-state index contributed by atoms with van der Waals surface area (Å²) in [5, 5.41) is 1.91. The van der Waals surface area contributed by atoms with Gasteiger partial charge in [-0.1, -0.05) is 93.6 Å². The molecule has 0 saturated carbocycles. The summed E-state index contributed by atoms with van der Waals surface area (Å²) >= 11 is 0. The Kier molecular flexibility index (Phi) is 7.19. The lowest BCUT2D eigenvalue weighted by molar-refractivity contribution is -0.239. The van der Waals surface area contributed by atoms with Gasteiger partial charge in [-0.05, 0) is 27.0 Å². The first-order valence-corrected chi connectivity index (χ1v) is 14.3. The third-order valence-electron chi connectivity index (χ3n) is 6.64. The van der Waals surface area contributed by atoms with Crippen molar-refractivity contribution in [3.05, 3.63) is 84.4 Å². The van der Waals surface area contributed by atoms with Crippen LogP contribution in [0.4, 0.5) is 0 Å². The summed E-state index contributed by atoms with van der Waals surface area (Å²) in [5.41, 5.74) is 0.672. The minimum Gasteiger partial charge on any atom is -0.531 e. The van der Waals surface area contributed by atoms with Gasteiger partial charge in [0.25, 0.3) is 5.79 Å². The van der Waals surface area contributed by atoms with Crippen molar-refractivity contribution in [3.8, 4) is 11.5 Å². The van der Waals surface area contributed by atoms with Crippen molar-refractivity contribution in [2.75, 3.05) is 7.11 Å². The molecule has 3 aromatic rings. The maximum absolute atomic E-state index is 12.8. The molecule has 1 saturated heterocycles. The SMILES string of the molecule is COc1cccc(CC2C(=O)OC(C)(C)OC2=O)c1O[Si](c1ccccc1)(c1ccccc1)C(C)(C)C. The summed E-state index contributed by atoms with van der Waals surface area (Å²) in [5.74, 6) is -2.55. The third-order valence-corrected chi connectivity index (χ3v) is 11.6. The van der Waals surface area contributed by atoms with E-state index in [0.717, 1.165) is 10.4 Å². The topological polar surface area (TPSA) is 71.1 Å². The molecule has 7 heteroatoms. The van der Waals surface area contributed by atoms with E-state index in [1.54, 1.807) is 21.0 Å². The van der Waals surface area contributed by atoms with Crippen molar-refractivity contribution in [2.24, 2.45) is 5.92 Å². The van der Waals surface area contributed by atoms with E-state index in [9.17, 15) is 9.59 Å². The van der Waals surface area contributed by atoms with E-state index < -0.39 is 32.0 Å². The van der Waals surface area contributed by atoms with Crippen LogP contribution in [0.1, 0.15) is 40.2 Å². The Bertz CT molecular complexity index is 1200. The van der Waals surface area contributed by atoms with Crippen LogP contribution in [0.15, 0.2) is 78.9 Å². The van der Waals surface area contributed by atoms with Gasteiger partial charge in [0.05, 0.1) is 7.11 Å². The smallest absolute Gasteiger partial charge is 0.323 e. The lowest BCUT2D eigenvalue weighted by Gasteiger charge is -2.43. The first-order chi connectivity index (χ1) is 17.5. The standard InChI is InChI=1S/C30H34O6Si/c1-29(2,3)37(22-15-9-7-10-16-22,23-17-11-8-12-18-23)36-26-21(14-13-19-25(26)33-6)20-24-27(31)34-30(4,5)35-28(24)32/h7-19,24H,20H2,1-6H3. The second kappa shape index (κ2) is 10.1. The molecule has 0 spiro atoms. The highest BCUT2D eigenvalue weighted by atomic mass is 28.4. The van der Waals surface area contributed by atoms with Crippen molar-refractivity contribution in [3.63, 3.8) is 0 Å². The summed E-state index contributed by atoms with van der Waals surface area (Å²) in [4.78, 5) is 25.6. The molecule has 0 amide bonds. The zero-order valence-electron chi connectivity index (χ0n) is 22.2. The Morgan fingerprint density at radius 1 is 0.811 bits per heavy atom. The minimum absolute atomic E-state index is 0.0679. The fourth-order valence-corrected chi connectivity index (χ4v) is 9.40. The molecule has 1 aliphatic rings. The Balaban J connectivity index is 1.88. The molecule has 0 radical (unpaired) electrons. The van der Waals surface area contributed by atoms with Gasteiger partial charge in [0.2, 0.25) is 0 Å². The van der Waals surface area contributed by atoms with Gasteiger partial charge in [-0.3, -0.25) is 9.59 Å². The third kappa shape index (κ3) is 5.14. The Hall–Kier alpha value is -3.58. The van der Waals surface area contributed by atoms with Crippen LogP contribution >= 0.6 is 0 Å². The molecule has 3 aromatic carbocycles. The molecular weight excluding hydrogens is 484 g/mol. The number of rotatable bonds is 7. The molecular formula is C30H34O6Si. The molecule has 0 aliphatic carbocycles. The monoisotopic (exact) mass is 518 g/mol.